The van der Waals surface area contributed by atoms with E-state index in [0.717, 1.165) is 29.8 Å². The van der Waals surface area contributed by atoms with Crippen molar-refractivity contribution in [3.8, 4) is 0 Å². The fraction of sp³-hybridized carbons (Fsp3) is 0.304. The van der Waals surface area contributed by atoms with Crippen molar-refractivity contribution in [2.75, 3.05) is 19.0 Å². The van der Waals surface area contributed by atoms with Gasteiger partial charge in [-0.2, -0.15) is 0 Å². The Bertz CT molecular complexity index is 2600. The number of carboxylic acid groups (broad SMARTS) is 2. The summed E-state index contributed by atoms with van der Waals surface area (Å²) in [5, 5.41) is 21.6. The minimum absolute atomic E-state index is 0.0208. The van der Waals surface area contributed by atoms with Gasteiger partial charge in [-0.3, -0.25) is 9.59 Å². The van der Waals surface area contributed by atoms with Gasteiger partial charge >= 0.3 is 11.9 Å². The second-order valence-corrected chi connectivity index (χ2v) is 15.8. The third-order valence-electron chi connectivity index (χ3n) is 9.23. The molecular formula is C46H51ClF2N4O6. The number of aryl methyl sites for hydroxylation is 2. The van der Waals surface area contributed by atoms with Crippen molar-refractivity contribution in [3.63, 3.8) is 0 Å². The standard InChI is InChI=1S/C23H25FN2O3.C14H13ClFNO3.C9H13N/c1-14(2)11-26-13-18(23(28)29)22(27)17-9-19(24)21(10-20(17)26)25(4)12-16-7-5-6-15(3)8-16;1-7(2)5-17-6-9(14(19)20)13(18)8-3-11(16)10(15)4-12(8)17;1-8-4-3-5-9(6-8)7-10-2/h5-10,13-14H,11-12H2,1-4H3,(H,28,29);3-4,6-7H,5H2,1-2H3,(H,19,20);3-6,10H,7H2,1-2H3. The minimum atomic E-state index is -1.33. The molecule has 13 heteroatoms. The smallest absolute Gasteiger partial charge is 0.341 e. The predicted octanol–water partition coefficient (Wildman–Crippen LogP) is 9.30. The molecule has 0 saturated heterocycles. The van der Waals surface area contributed by atoms with Crippen molar-refractivity contribution in [1.82, 2.24) is 14.5 Å². The number of carboxylic acids is 2. The van der Waals surface area contributed by atoms with Gasteiger partial charge in [0.15, 0.2) is 0 Å². The number of halogens is 3. The molecule has 0 bridgehead atoms. The van der Waals surface area contributed by atoms with Crippen LogP contribution >= 0.6 is 11.6 Å². The van der Waals surface area contributed by atoms with Crippen LogP contribution in [-0.4, -0.2) is 45.4 Å². The number of fused-ring (bicyclic) bond motifs is 2. The van der Waals surface area contributed by atoms with Gasteiger partial charge in [0.05, 0.1) is 21.7 Å². The largest absolute Gasteiger partial charge is 0.477 e. The van der Waals surface area contributed by atoms with E-state index in [4.69, 9.17) is 16.7 Å². The SMILES string of the molecule is CC(C)Cn1cc(C(=O)O)c(=O)c2cc(F)c(Cl)cc21.CNCc1cccc(C)c1.Cc1cccc(CN(C)c2cc3c(cc2F)c(=O)c(C(=O)O)cn3CC(C)C)c1. The van der Waals surface area contributed by atoms with Crippen LogP contribution in [0.4, 0.5) is 14.5 Å². The Kier molecular flexibility index (Phi) is 15.7. The maximum Gasteiger partial charge on any atom is 0.341 e. The fourth-order valence-electron chi connectivity index (χ4n) is 6.67. The van der Waals surface area contributed by atoms with Crippen molar-refractivity contribution >= 4 is 51.0 Å². The number of rotatable bonds is 11. The van der Waals surface area contributed by atoms with E-state index in [1.54, 1.807) is 27.1 Å². The van der Waals surface area contributed by atoms with Crippen LogP contribution in [0.1, 0.15) is 70.7 Å². The van der Waals surface area contributed by atoms with Gasteiger partial charge in [0.25, 0.3) is 0 Å². The monoisotopic (exact) mass is 828 g/mol. The number of benzene rings is 4. The summed E-state index contributed by atoms with van der Waals surface area (Å²) in [4.78, 5) is 49.1. The van der Waals surface area contributed by atoms with Gasteiger partial charge in [-0.25, -0.2) is 18.4 Å². The van der Waals surface area contributed by atoms with Crippen molar-refractivity contribution in [2.45, 2.75) is 67.7 Å². The molecule has 312 valence electrons. The predicted molar refractivity (Wildman–Crippen MR) is 232 cm³/mol. The molecule has 2 aromatic heterocycles. The van der Waals surface area contributed by atoms with Crippen LogP contribution in [0.5, 0.6) is 0 Å². The average molecular weight is 829 g/mol. The highest BCUT2D eigenvalue weighted by atomic mass is 35.5. The molecule has 0 aliphatic heterocycles. The minimum Gasteiger partial charge on any atom is -0.477 e. The van der Waals surface area contributed by atoms with Gasteiger partial charge in [0.2, 0.25) is 10.9 Å². The molecule has 0 aliphatic carbocycles. The van der Waals surface area contributed by atoms with Crippen LogP contribution in [0.25, 0.3) is 21.8 Å². The summed E-state index contributed by atoms with van der Waals surface area (Å²) in [6, 6.07) is 21.6. The van der Waals surface area contributed by atoms with Crippen LogP contribution < -0.4 is 21.1 Å². The lowest BCUT2D eigenvalue weighted by Gasteiger charge is -2.22. The first-order chi connectivity index (χ1) is 27.8. The number of pyridine rings is 2. The molecule has 0 fully saturated rings. The molecule has 3 N–H and O–H groups in total. The number of aromatic nitrogens is 2. The van der Waals surface area contributed by atoms with E-state index in [9.17, 15) is 33.1 Å². The van der Waals surface area contributed by atoms with Crippen molar-refractivity contribution in [2.24, 2.45) is 11.8 Å². The maximum atomic E-state index is 14.9. The van der Waals surface area contributed by atoms with Crippen LogP contribution in [0.2, 0.25) is 5.02 Å². The quantitative estimate of drug-likeness (QED) is 0.118. The Hall–Kier alpha value is -5.85. The van der Waals surface area contributed by atoms with Gasteiger partial charge in [-0.1, -0.05) is 99.0 Å². The summed E-state index contributed by atoms with van der Waals surface area (Å²) in [5.41, 5.74) is 4.07. The first-order valence-electron chi connectivity index (χ1n) is 19.1. The first kappa shape index (κ1) is 45.8. The highest BCUT2D eigenvalue weighted by Crippen LogP contribution is 2.27. The van der Waals surface area contributed by atoms with Crippen LogP contribution in [0, 0.1) is 37.3 Å². The topological polar surface area (TPSA) is 134 Å². The van der Waals surface area contributed by atoms with Gasteiger partial charge in [-0.15, -0.1) is 0 Å². The third-order valence-corrected chi connectivity index (χ3v) is 9.52. The van der Waals surface area contributed by atoms with E-state index in [0.29, 0.717) is 36.4 Å². The van der Waals surface area contributed by atoms with Crippen molar-refractivity contribution in [3.05, 3.63) is 156 Å². The first-order valence-corrected chi connectivity index (χ1v) is 19.5. The molecule has 0 saturated carbocycles. The van der Waals surface area contributed by atoms with E-state index in [-0.39, 0.29) is 38.8 Å². The number of aromatic carboxylic acids is 2. The van der Waals surface area contributed by atoms with Crippen LogP contribution in [0.15, 0.2) is 94.8 Å². The highest BCUT2D eigenvalue weighted by Gasteiger charge is 2.20. The summed E-state index contributed by atoms with van der Waals surface area (Å²) in [7, 11) is 3.76. The number of hydrogen-bond donors (Lipinski definition) is 3. The Morgan fingerprint density at radius 3 is 1.64 bits per heavy atom. The lowest BCUT2D eigenvalue weighted by molar-refractivity contribution is 0.0684. The molecule has 2 heterocycles. The number of hydrogen-bond acceptors (Lipinski definition) is 6. The highest BCUT2D eigenvalue weighted by molar-refractivity contribution is 6.31. The summed E-state index contributed by atoms with van der Waals surface area (Å²) >= 11 is 5.74. The van der Waals surface area contributed by atoms with E-state index < -0.39 is 34.4 Å². The van der Waals surface area contributed by atoms with E-state index in [2.05, 4.69) is 36.5 Å². The Morgan fingerprint density at radius 2 is 1.19 bits per heavy atom. The molecule has 6 rings (SSSR count). The normalized spacial score (nSPS) is 11.0. The number of nitrogens with zero attached hydrogens (tertiary/aromatic N) is 3. The zero-order valence-electron chi connectivity index (χ0n) is 34.6. The van der Waals surface area contributed by atoms with E-state index in [1.807, 2.05) is 65.9 Å². The molecule has 0 atom stereocenters. The molecular weight excluding hydrogens is 778 g/mol. The molecule has 0 amide bonds. The Morgan fingerprint density at radius 1 is 0.729 bits per heavy atom. The van der Waals surface area contributed by atoms with E-state index >= 15 is 0 Å². The molecule has 10 nitrogen and oxygen atoms in total. The molecule has 0 spiro atoms. The zero-order valence-corrected chi connectivity index (χ0v) is 35.3. The average Bonchev–Trinajstić information content (AvgIpc) is 3.14. The molecule has 6 aromatic rings. The number of anilines is 1. The molecule has 4 aromatic carbocycles. The lowest BCUT2D eigenvalue weighted by atomic mass is 10.1. The second kappa shape index (κ2) is 20.2. The van der Waals surface area contributed by atoms with Crippen molar-refractivity contribution < 1.29 is 28.6 Å². The van der Waals surface area contributed by atoms with Crippen molar-refractivity contribution in [1.29, 1.82) is 0 Å². The lowest BCUT2D eigenvalue weighted by Crippen LogP contribution is -2.22. The summed E-state index contributed by atoms with van der Waals surface area (Å²) < 4.78 is 31.8. The zero-order chi connectivity index (χ0) is 43.7. The van der Waals surface area contributed by atoms with Gasteiger partial charge < -0.3 is 29.6 Å². The molecule has 0 aliphatic rings. The molecule has 0 unspecified atom stereocenters. The molecule has 0 radical (unpaired) electrons. The second-order valence-electron chi connectivity index (χ2n) is 15.4. The van der Waals surface area contributed by atoms with Gasteiger partial charge in [0, 0.05) is 56.4 Å². The number of nitrogens with one attached hydrogen (secondary N) is 1. The number of carbonyl (C=O) groups is 2. The Labute approximate surface area is 347 Å². The Balaban J connectivity index is 0.000000220. The summed E-state index contributed by atoms with van der Waals surface area (Å²) in [5.74, 6) is -3.48. The van der Waals surface area contributed by atoms with Crippen LogP contribution in [0.3, 0.4) is 0 Å². The molecule has 59 heavy (non-hydrogen) atoms. The van der Waals surface area contributed by atoms with Crippen LogP contribution in [-0.2, 0) is 26.2 Å². The fourth-order valence-corrected chi connectivity index (χ4v) is 6.82. The maximum absolute atomic E-state index is 14.9. The summed E-state index contributed by atoms with van der Waals surface area (Å²) in [6.07, 6.45) is 2.64. The van der Waals surface area contributed by atoms with Gasteiger partial charge in [0.1, 0.15) is 22.8 Å². The summed E-state index contributed by atoms with van der Waals surface area (Å²) in [6.45, 7) is 14.5. The van der Waals surface area contributed by atoms with Gasteiger partial charge in [-0.05, 0) is 68.1 Å². The van der Waals surface area contributed by atoms with E-state index in [1.165, 1.54) is 29.6 Å². The third kappa shape index (κ3) is 11.9.